The number of ether oxygens (including phenoxy) is 1. The van der Waals surface area contributed by atoms with Crippen LogP contribution in [0, 0.1) is 6.92 Å². The van der Waals surface area contributed by atoms with Crippen LogP contribution in [-0.4, -0.2) is 70.8 Å². The topological polar surface area (TPSA) is 120 Å². The molecule has 3 aliphatic heterocycles. The van der Waals surface area contributed by atoms with E-state index < -0.39 is 10.8 Å². The van der Waals surface area contributed by atoms with Crippen LogP contribution in [0.4, 0.5) is 11.8 Å². The Morgan fingerprint density at radius 3 is 2.79 bits per heavy atom. The summed E-state index contributed by atoms with van der Waals surface area (Å²) in [6, 6.07) is 0.250. The minimum Gasteiger partial charge on any atom is -0.381 e. The molecule has 0 aromatic carbocycles. The van der Waals surface area contributed by atoms with Crippen molar-refractivity contribution < 1.29 is 13.7 Å². The van der Waals surface area contributed by atoms with Crippen molar-refractivity contribution >= 4 is 28.3 Å². The predicted octanol–water partition coefficient (Wildman–Crippen LogP) is 2.37. The number of rotatable bonds is 7. The number of carbonyl (C=O) groups is 1. The summed E-state index contributed by atoms with van der Waals surface area (Å²) in [5, 5.41) is 7.95. The van der Waals surface area contributed by atoms with Gasteiger partial charge in [-0.05, 0) is 31.2 Å². The first kappa shape index (κ1) is 25.2. The van der Waals surface area contributed by atoms with Gasteiger partial charge in [0.1, 0.15) is 22.2 Å². The highest BCUT2D eigenvalue weighted by Gasteiger charge is 2.30. The van der Waals surface area contributed by atoms with E-state index in [0.717, 1.165) is 53.7 Å². The maximum Gasteiger partial charge on any atom is 0.228 e. The zero-order valence-electron chi connectivity index (χ0n) is 22.1. The molecule has 1 fully saturated rings. The molecule has 0 spiro atoms. The first-order valence-corrected chi connectivity index (χ1v) is 14.7. The molecule has 2 unspecified atom stereocenters. The maximum atomic E-state index is 13.1. The van der Waals surface area contributed by atoms with E-state index in [9.17, 15) is 9.00 Å². The van der Waals surface area contributed by atoms with Gasteiger partial charge in [0.2, 0.25) is 5.95 Å². The molecule has 1 saturated heterocycles. The van der Waals surface area contributed by atoms with Crippen LogP contribution in [0.1, 0.15) is 65.4 Å². The molecular formula is C26H34N8O3S. The second-order valence-electron chi connectivity index (χ2n) is 10.5. The number of ketones is 1. The van der Waals surface area contributed by atoms with Crippen LogP contribution in [0.15, 0.2) is 17.3 Å². The molecule has 12 heteroatoms. The number of hydrogen-bond donors (Lipinski definition) is 1. The Bertz CT molecular complexity index is 1390. The molecule has 0 aliphatic carbocycles. The molecule has 1 N–H and O–H groups in total. The second-order valence-corrected chi connectivity index (χ2v) is 12.0. The lowest BCUT2D eigenvalue weighted by Gasteiger charge is -2.29. The summed E-state index contributed by atoms with van der Waals surface area (Å²) in [5.74, 6) is 2.84. The summed E-state index contributed by atoms with van der Waals surface area (Å²) in [4.78, 5) is 30.4. The van der Waals surface area contributed by atoms with E-state index in [1.165, 1.54) is 0 Å². The minimum atomic E-state index is -1.08. The van der Waals surface area contributed by atoms with Crippen molar-refractivity contribution in [1.29, 1.82) is 0 Å². The monoisotopic (exact) mass is 538 g/mol. The zero-order chi connectivity index (χ0) is 26.4. The van der Waals surface area contributed by atoms with Gasteiger partial charge in [0.15, 0.2) is 5.78 Å². The largest absolute Gasteiger partial charge is 0.381 e. The normalized spacial score (nSPS) is 20.3. The fraction of sp³-hybridized carbons (Fsp3) is 0.577. The van der Waals surface area contributed by atoms with E-state index in [1.807, 2.05) is 26.4 Å². The van der Waals surface area contributed by atoms with Crippen LogP contribution in [-0.2, 0) is 42.1 Å². The van der Waals surface area contributed by atoms with E-state index in [1.54, 1.807) is 4.68 Å². The number of nitrogens with zero attached hydrogens (tertiary/aromatic N) is 7. The van der Waals surface area contributed by atoms with Crippen LogP contribution in [0.2, 0.25) is 0 Å². The van der Waals surface area contributed by atoms with E-state index in [2.05, 4.69) is 26.8 Å². The molecule has 0 radical (unpaired) electrons. The number of anilines is 2. The standard InChI is InChI=1S/C26H34N8O3S/c1-16(19-13-32(3)31-17(19)2)12-22(35)21-14-33-7-8-34(15-23(33)28-21)26-29-20-6-11-38(36)24(20)25(30-26)27-18-4-9-37-10-5-18/h13-14,16,18H,4-12,15H2,1-3H3,(H,27,29,30). The molecule has 3 aromatic rings. The minimum absolute atomic E-state index is 0.0356. The van der Waals surface area contributed by atoms with Gasteiger partial charge in [-0.3, -0.25) is 13.7 Å². The Morgan fingerprint density at radius 1 is 1.21 bits per heavy atom. The van der Waals surface area contributed by atoms with Crippen molar-refractivity contribution in [3.05, 3.63) is 40.9 Å². The first-order valence-electron chi connectivity index (χ1n) is 13.3. The third-order valence-corrected chi connectivity index (χ3v) is 9.14. The molecule has 6 heterocycles. The summed E-state index contributed by atoms with van der Waals surface area (Å²) >= 11 is 0. The molecular weight excluding hydrogens is 504 g/mol. The first-order chi connectivity index (χ1) is 18.4. The highest BCUT2D eigenvalue weighted by molar-refractivity contribution is 7.85. The van der Waals surface area contributed by atoms with Crippen LogP contribution in [0.3, 0.4) is 0 Å². The number of aromatic nitrogens is 6. The molecule has 0 saturated carbocycles. The summed E-state index contributed by atoms with van der Waals surface area (Å²) in [6.07, 6.45) is 6.74. The average Bonchev–Trinajstić information content (AvgIpc) is 3.60. The number of carbonyl (C=O) groups excluding carboxylic acids is 1. The summed E-state index contributed by atoms with van der Waals surface area (Å²) in [5.41, 5.74) is 3.42. The Morgan fingerprint density at radius 2 is 2.03 bits per heavy atom. The van der Waals surface area contributed by atoms with Crippen molar-refractivity contribution in [2.45, 2.75) is 69.5 Å². The fourth-order valence-corrected chi connectivity index (χ4v) is 6.92. The van der Waals surface area contributed by atoms with E-state index >= 15 is 0 Å². The fourth-order valence-electron chi connectivity index (χ4n) is 5.61. The summed E-state index contributed by atoms with van der Waals surface area (Å²) in [7, 11) is 0.816. The van der Waals surface area contributed by atoms with Gasteiger partial charge >= 0.3 is 0 Å². The van der Waals surface area contributed by atoms with Crippen molar-refractivity contribution in [3.8, 4) is 0 Å². The lowest BCUT2D eigenvalue weighted by Crippen LogP contribution is -2.35. The van der Waals surface area contributed by atoms with Gasteiger partial charge < -0.3 is 19.5 Å². The lowest BCUT2D eigenvalue weighted by molar-refractivity contribution is 0.0903. The van der Waals surface area contributed by atoms with Gasteiger partial charge in [0.05, 0.1) is 28.7 Å². The Labute approximate surface area is 224 Å². The molecule has 3 aromatic heterocycles. The van der Waals surface area contributed by atoms with Crippen molar-refractivity contribution in [1.82, 2.24) is 29.3 Å². The number of Topliss-reactive ketones (excluding diaryl/α,β-unsaturated/α-hetero) is 1. The van der Waals surface area contributed by atoms with Crippen molar-refractivity contribution in [3.63, 3.8) is 0 Å². The van der Waals surface area contributed by atoms with Crippen molar-refractivity contribution in [2.24, 2.45) is 7.05 Å². The zero-order valence-corrected chi connectivity index (χ0v) is 23.0. The molecule has 11 nitrogen and oxygen atoms in total. The number of imidazole rings is 1. The van der Waals surface area contributed by atoms with E-state index in [4.69, 9.17) is 19.7 Å². The maximum absolute atomic E-state index is 13.1. The SMILES string of the molecule is Cc1nn(C)cc1C(C)CC(=O)c1cn2c(n1)CN(c1nc3c(c(NC4CCOCC4)n1)S(=O)CC3)CC2. The predicted molar refractivity (Wildman–Crippen MR) is 143 cm³/mol. The molecule has 2 atom stereocenters. The van der Waals surface area contributed by atoms with Gasteiger partial charge in [-0.1, -0.05) is 6.92 Å². The Balaban J connectivity index is 1.19. The Kier molecular flexibility index (Phi) is 6.77. The van der Waals surface area contributed by atoms with Gasteiger partial charge in [0, 0.05) is 70.4 Å². The second kappa shape index (κ2) is 10.2. The smallest absolute Gasteiger partial charge is 0.228 e. The number of fused-ring (bicyclic) bond motifs is 2. The summed E-state index contributed by atoms with van der Waals surface area (Å²) in [6.45, 7) is 7.40. The molecule has 202 valence electrons. The van der Waals surface area contributed by atoms with E-state index in [-0.39, 0.29) is 17.7 Å². The lowest BCUT2D eigenvalue weighted by atomic mass is 9.95. The number of nitrogens with one attached hydrogen (secondary N) is 1. The molecule has 0 amide bonds. The van der Waals surface area contributed by atoms with Gasteiger partial charge in [-0.2, -0.15) is 10.1 Å². The molecule has 6 rings (SSSR count). The van der Waals surface area contributed by atoms with Crippen LogP contribution in [0.25, 0.3) is 0 Å². The number of aryl methyl sites for hydroxylation is 3. The molecule has 3 aliphatic rings. The quantitative estimate of drug-likeness (QED) is 0.452. The highest BCUT2D eigenvalue weighted by atomic mass is 32.2. The third kappa shape index (κ3) is 4.86. The number of hydrogen-bond acceptors (Lipinski definition) is 9. The van der Waals surface area contributed by atoms with Gasteiger partial charge in [-0.25, -0.2) is 9.97 Å². The van der Waals surface area contributed by atoms with Crippen LogP contribution in [0.5, 0.6) is 0 Å². The van der Waals surface area contributed by atoms with Crippen LogP contribution >= 0.6 is 0 Å². The summed E-state index contributed by atoms with van der Waals surface area (Å²) < 4.78 is 22.1. The van der Waals surface area contributed by atoms with Crippen molar-refractivity contribution in [2.75, 3.05) is 35.7 Å². The van der Waals surface area contributed by atoms with E-state index in [0.29, 0.717) is 55.7 Å². The highest BCUT2D eigenvalue weighted by Crippen LogP contribution is 2.32. The molecule has 0 bridgehead atoms. The average molecular weight is 539 g/mol. The Hall–Kier alpha value is -3.12. The van der Waals surface area contributed by atoms with Gasteiger partial charge in [-0.15, -0.1) is 0 Å². The van der Waals surface area contributed by atoms with Gasteiger partial charge in [0.25, 0.3) is 0 Å². The third-order valence-electron chi connectivity index (χ3n) is 7.68. The molecule has 38 heavy (non-hydrogen) atoms. The van der Waals surface area contributed by atoms with Crippen LogP contribution < -0.4 is 10.2 Å².